The molecule has 1 aliphatic carbocycles. The molecule has 0 aromatic carbocycles. The number of rotatable bonds is 3. The van der Waals surface area contributed by atoms with Gasteiger partial charge in [0.05, 0.1) is 0 Å². The Bertz CT molecular complexity index is 190. The first-order valence-corrected chi connectivity index (χ1v) is 5.05. The fourth-order valence-electron chi connectivity index (χ4n) is 3.21. The second kappa shape index (κ2) is 2.71. The molecule has 1 saturated carbocycles. The second-order valence-corrected chi connectivity index (χ2v) is 5.89. The number of aliphatic hydroxyl groups is 1. The summed E-state index contributed by atoms with van der Waals surface area (Å²) in [5.74, 6) is 0.530. The van der Waals surface area contributed by atoms with E-state index in [2.05, 4.69) is 34.6 Å². The maximum atomic E-state index is 9.38. The summed E-state index contributed by atoms with van der Waals surface area (Å²) < 4.78 is 0. The number of hydrogen-bond acceptors (Lipinski definition) is 2. The van der Waals surface area contributed by atoms with Crippen molar-refractivity contribution in [2.24, 2.45) is 27.9 Å². The Morgan fingerprint density at radius 3 is 1.69 bits per heavy atom. The minimum Gasteiger partial charge on any atom is -0.396 e. The molecule has 1 fully saturated rings. The van der Waals surface area contributed by atoms with Gasteiger partial charge in [-0.15, -0.1) is 0 Å². The molecule has 0 bridgehead atoms. The molecule has 0 aromatic rings. The summed E-state index contributed by atoms with van der Waals surface area (Å²) in [4.78, 5) is 0. The van der Waals surface area contributed by atoms with Gasteiger partial charge in [-0.3, -0.25) is 0 Å². The lowest BCUT2D eigenvalue weighted by Gasteiger charge is -2.28. The van der Waals surface area contributed by atoms with E-state index in [-0.39, 0.29) is 12.0 Å². The van der Waals surface area contributed by atoms with E-state index < -0.39 is 0 Å². The monoisotopic (exact) mass is 185 g/mol. The molecule has 1 unspecified atom stereocenters. The molecule has 3 N–H and O–H groups in total. The van der Waals surface area contributed by atoms with Gasteiger partial charge in [-0.05, 0) is 16.7 Å². The lowest BCUT2D eigenvalue weighted by molar-refractivity contribution is 0.106. The Morgan fingerprint density at radius 1 is 1.23 bits per heavy atom. The topological polar surface area (TPSA) is 46.2 Å². The van der Waals surface area contributed by atoms with Crippen LogP contribution < -0.4 is 5.73 Å². The zero-order valence-corrected chi connectivity index (χ0v) is 9.52. The third-order valence-corrected chi connectivity index (χ3v) is 4.55. The predicted molar refractivity (Wildman–Crippen MR) is 55.3 cm³/mol. The quantitative estimate of drug-likeness (QED) is 0.702. The van der Waals surface area contributed by atoms with E-state index in [1.165, 1.54) is 0 Å². The second-order valence-electron chi connectivity index (χ2n) is 5.89. The van der Waals surface area contributed by atoms with Crippen LogP contribution in [0.2, 0.25) is 0 Å². The van der Waals surface area contributed by atoms with Crippen molar-refractivity contribution in [3.05, 3.63) is 0 Å². The van der Waals surface area contributed by atoms with Gasteiger partial charge in [-0.1, -0.05) is 34.6 Å². The molecule has 1 aliphatic rings. The van der Waals surface area contributed by atoms with E-state index >= 15 is 0 Å². The van der Waals surface area contributed by atoms with Crippen LogP contribution >= 0.6 is 0 Å². The fraction of sp³-hybridized carbons (Fsp3) is 1.00. The number of nitrogens with two attached hydrogens (primary N) is 1. The normalized spacial score (nSPS) is 29.8. The molecule has 0 heterocycles. The summed E-state index contributed by atoms with van der Waals surface area (Å²) >= 11 is 0. The van der Waals surface area contributed by atoms with Crippen molar-refractivity contribution in [1.29, 1.82) is 0 Å². The summed E-state index contributed by atoms with van der Waals surface area (Å²) in [5, 5.41) is 9.38. The molecular formula is C11H23NO. The van der Waals surface area contributed by atoms with Crippen LogP contribution in [0.3, 0.4) is 0 Å². The standard InChI is InChI=1S/C11H23NO/c1-9(2)8(10(9,3)4)11(5,6-12)7-13/h8,13H,6-7,12H2,1-5H3. The molecule has 13 heavy (non-hydrogen) atoms. The first-order valence-electron chi connectivity index (χ1n) is 5.05. The van der Waals surface area contributed by atoms with Crippen LogP contribution in [0.5, 0.6) is 0 Å². The highest BCUT2D eigenvalue weighted by Crippen LogP contribution is 2.73. The Hall–Kier alpha value is -0.0800. The summed E-state index contributed by atoms with van der Waals surface area (Å²) in [6.45, 7) is 11.9. The van der Waals surface area contributed by atoms with Gasteiger partial charge in [0.15, 0.2) is 0 Å². The highest BCUT2D eigenvalue weighted by atomic mass is 16.3. The Kier molecular flexibility index (Phi) is 2.29. The van der Waals surface area contributed by atoms with Crippen molar-refractivity contribution in [1.82, 2.24) is 0 Å². The van der Waals surface area contributed by atoms with Crippen LogP contribution in [-0.4, -0.2) is 18.3 Å². The molecule has 0 saturated heterocycles. The minimum atomic E-state index is -0.104. The predicted octanol–water partition coefficient (Wildman–Crippen LogP) is 1.63. The van der Waals surface area contributed by atoms with Crippen molar-refractivity contribution >= 4 is 0 Å². The van der Waals surface area contributed by atoms with Crippen molar-refractivity contribution < 1.29 is 5.11 Å². The zero-order chi connectivity index (χ0) is 10.5. The Balaban J connectivity index is 2.88. The van der Waals surface area contributed by atoms with Gasteiger partial charge in [-0.25, -0.2) is 0 Å². The summed E-state index contributed by atoms with van der Waals surface area (Å²) in [6, 6.07) is 0. The zero-order valence-electron chi connectivity index (χ0n) is 9.52. The molecule has 0 amide bonds. The van der Waals surface area contributed by atoms with Crippen molar-refractivity contribution in [2.45, 2.75) is 34.6 Å². The van der Waals surface area contributed by atoms with Gasteiger partial charge >= 0.3 is 0 Å². The Labute approximate surface area is 81.5 Å². The molecular weight excluding hydrogens is 162 g/mol. The van der Waals surface area contributed by atoms with Gasteiger partial charge in [0.25, 0.3) is 0 Å². The highest BCUT2D eigenvalue weighted by Gasteiger charge is 2.69. The third-order valence-electron chi connectivity index (χ3n) is 4.55. The van der Waals surface area contributed by atoms with Gasteiger partial charge in [0, 0.05) is 18.6 Å². The molecule has 2 heteroatoms. The molecule has 2 nitrogen and oxygen atoms in total. The SMILES string of the molecule is CC(CN)(CO)C1C(C)(C)C1(C)C. The molecule has 0 radical (unpaired) electrons. The van der Waals surface area contributed by atoms with E-state index in [9.17, 15) is 5.11 Å². The highest BCUT2D eigenvalue weighted by molar-refractivity contribution is 5.17. The minimum absolute atomic E-state index is 0.104. The first kappa shape index (κ1) is 11.0. The van der Waals surface area contributed by atoms with Crippen molar-refractivity contribution in [2.75, 3.05) is 13.2 Å². The summed E-state index contributed by atoms with van der Waals surface area (Å²) in [5.41, 5.74) is 6.26. The average molecular weight is 185 g/mol. The van der Waals surface area contributed by atoms with Gasteiger partial charge in [0.1, 0.15) is 0 Å². The van der Waals surface area contributed by atoms with Crippen LogP contribution in [0.25, 0.3) is 0 Å². The smallest absolute Gasteiger partial charge is 0.0499 e. The fourth-order valence-corrected chi connectivity index (χ4v) is 3.21. The van der Waals surface area contributed by atoms with E-state index in [1.54, 1.807) is 0 Å². The average Bonchev–Trinajstić information content (AvgIpc) is 2.43. The van der Waals surface area contributed by atoms with Crippen LogP contribution in [0.4, 0.5) is 0 Å². The lowest BCUT2D eigenvalue weighted by Crippen LogP contribution is -2.35. The maximum Gasteiger partial charge on any atom is 0.0499 e. The first-order chi connectivity index (χ1) is 5.74. The van der Waals surface area contributed by atoms with E-state index in [1.807, 2.05) is 0 Å². The molecule has 0 spiro atoms. The van der Waals surface area contributed by atoms with E-state index in [4.69, 9.17) is 5.73 Å². The van der Waals surface area contributed by atoms with Crippen molar-refractivity contribution in [3.63, 3.8) is 0 Å². The summed E-state index contributed by atoms with van der Waals surface area (Å²) in [6.07, 6.45) is 0. The van der Waals surface area contributed by atoms with Crippen molar-refractivity contribution in [3.8, 4) is 0 Å². The van der Waals surface area contributed by atoms with E-state index in [0.29, 0.717) is 23.3 Å². The van der Waals surface area contributed by atoms with Gasteiger partial charge < -0.3 is 10.8 Å². The van der Waals surface area contributed by atoms with E-state index in [0.717, 1.165) is 0 Å². The molecule has 1 atom stereocenters. The molecule has 0 aliphatic heterocycles. The van der Waals surface area contributed by atoms with Crippen LogP contribution in [0.1, 0.15) is 34.6 Å². The number of hydrogen-bond donors (Lipinski definition) is 2. The largest absolute Gasteiger partial charge is 0.396 e. The van der Waals surface area contributed by atoms with Crippen LogP contribution in [-0.2, 0) is 0 Å². The number of aliphatic hydroxyl groups excluding tert-OH is 1. The maximum absolute atomic E-state index is 9.38. The lowest BCUT2D eigenvalue weighted by atomic mass is 9.81. The van der Waals surface area contributed by atoms with Gasteiger partial charge in [0.2, 0.25) is 0 Å². The molecule has 0 aromatic heterocycles. The third kappa shape index (κ3) is 1.23. The van der Waals surface area contributed by atoms with Crippen LogP contribution in [0.15, 0.2) is 0 Å². The molecule has 78 valence electrons. The summed E-state index contributed by atoms with van der Waals surface area (Å²) in [7, 11) is 0. The Morgan fingerprint density at radius 2 is 1.62 bits per heavy atom. The van der Waals surface area contributed by atoms with Gasteiger partial charge in [-0.2, -0.15) is 0 Å². The van der Waals surface area contributed by atoms with Crippen LogP contribution in [0, 0.1) is 22.2 Å². The molecule has 1 rings (SSSR count).